The van der Waals surface area contributed by atoms with Gasteiger partial charge in [0.2, 0.25) is 6.19 Å². The fraction of sp³-hybridized carbons (Fsp3) is 0.263. The van der Waals surface area contributed by atoms with Crippen LogP contribution in [-0.2, 0) is 20.4 Å². The highest BCUT2D eigenvalue weighted by molar-refractivity contribution is 7.52. The molecule has 0 saturated carbocycles. The quantitative estimate of drug-likeness (QED) is 0.568. The van der Waals surface area contributed by atoms with Crippen LogP contribution in [0.2, 0.25) is 0 Å². The predicted octanol–water partition coefficient (Wildman–Crippen LogP) is 4.31. The summed E-state index contributed by atoms with van der Waals surface area (Å²) in [4.78, 5) is 3.72. The Kier molecular flexibility index (Phi) is 4.39. The zero-order valence-corrected chi connectivity index (χ0v) is 15.8. The topological polar surface area (TPSA) is 84.2 Å². The van der Waals surface area contributed by atoms with Crippen LogP contribution in [-0.4, -0.2) is 16.7 Å². The molecule has 0 aliphatic carbocycles. The van der Waals surface area contributed by atoms with Crippen molar-refractivity contribution in [2.45, 2.75) is 32.6 Å². The van der Waals surface area contributed by atoms with Gasteiger partial charge in [-0.15, -0.1) is 4.99 Å². The fourth-order valence-corrected chi connectivity index (χ4v) is 5.29. The summed E-state index contributed by atoms with van der Waals surface area (Å²) in [6.45, 7) is 3.88. The van der Waals surface area contributed by atoms with E-state index in [2.05, 4.69) is 4.99 Å². The van der Waals surface area contributed by atoms with Crippen LogP contribution < -0.4 is 4.52 Å². The van der Waals surface area contributed by atoms with Crippen LogP contribution in [0.25, 0.3) is 0 Å². The number of hydrogen-bond donors (Lipinski definition) is 0. The van der Waals surface area contributed by atoms with Gasteiger partial charge in [0.05, 0.1) is 12.6 Å². The van der Waals surface area contributed by atoms with E-state index in [1.54, 1.807) is 6.19 Å². The number of aliphatic imine (C=N–C) groups is 1. The molecule has 0 bridgehead atoms. The Bertz CT molecular complexity index is 986. The van der Waals surface area contributed by atoms with E-state index in [0.29, 0.717) is 5.75 Å². The zero-order valence-electron chi connectivity index (χ0n) is 14.9. The molecule has 138 valence electrons. The van der Waals surface area contributed by atoms with Crippen LogP contribution in [0.4, 0.5) is 0 Å². The second-order valence-corrected chi connectivity index (χ2v) is 8.23. The standard InChI is InChI=1S/C19H18N3O4P/c1-13-7-6-10-16-11-24-27(23,26-17(13)16)22-14(2)18(25-19(22)21-12-20)15-8-4-3-5-9-15/h3-10,14,18H,11H2,1-2H3/t14-,18-,27+/m1/s1. The first-order valence-corrected chi connectivity index (χ1v) is 10.0. The van der Waals surface area contributed by atoms with Crippen molar-refractivity contribution < 1.29 is 18.3 Å². The molecule has 2 aromatic carbocycles. The Labute approximate surface area is 157 Å². The van der Waals surface area contributed by atoms with Crippen LogP contribution >= 0.6 is 7.75 Å². The third kappa shape index (κ3) is 2.97. The summed E-state index contributed by atoms with van der Waals surface area (Å²) < 4.78 is 32.4. The molecule has 0 aromatic heterocycles. The van der Waals surface area contributed by atoms with Gasteiger partial charge in [-0.3, -0.25) is 4.52 Å². The number of nitriles is 1. The van der Waals surface area contributed by atoms with Gasteiger partial charge in [-0.2, -0.15) is 5.26 Å². The summed E-state index contributed by atoms with van der Waals surface area (Å²) >= 11 is 0. The number of aryl methyl sites for hydroxylation is 1. The monoisotopic (exact) mass is 383 g/mol. The number of hydrogen-bond acceptors (Lipinski definition) is 6. The predicted molar refractivity (Wildman–Crippen MR) is 98.8 cm³/mol. The number of amidine groups is 1. The van der Waals surface area contributed by atoms with Gasteiger partial charge in [0, 0.05) is 5.56 Å². The summed E-state index contributed by atoms with van der Waals surface area (Å²) in [6.07, 6.45) is 1.26. The Morgan fingerprint density at radius 1 is 1.22 bits per heavy atom. The number of ether oxygens (including phenoxy) is 1. The van der Waals surface area contributed by atoms with Gasteiger partial charge < -0.3 is 9.26 Å². The first-order valence-electron chi connectivity index (χ1n) is 8.54. The maximum atomic E-state index is 13.6. The van der Waals surface area contributed by atoms with E-state index in [4.69, 9.17) is 19.0 Å². The maximum absolute atomic E-state index is 13.6. The molecule has 0 unspecified atom stereocenters. The minimum atomic E-state index is -3.79. The molecule has 2 aliphatic rings. The maximum Gasteiger partial charge on any atom is 0.493 e. The van der Waals surface area contributed by atoms with Crippen molar-refractivity contribution in [3.05, 3.63) is 65.2 Å². The lowest BCUT2D eigenvalue weighted by Crippen LogP contribution is -2.34. The summed E-state index contributed by atoms with van der Waals surface area (Å²) in [5.41, 5.74) is 2.58. The summed E-state index contributed by atoms with van der Waals surface area (Å²) in [5, 5.41) is 9.06. The minimum Gasteiger partial charge on any atom is -0.454 e. The van der Waals surface area contributed by atoms with Gasteiger partial charge in [-0.25, -0.2) is 9.24 Å². The minimum absolute atomic E-state index is 0.0563. The average Bonchev–Trinajstić information content (AvgIpc) is 3.00. The van der Waals surface area contributed by atoms with Gasteiger partial charge in [-0.1, -0.05) is 48.5 Å². The Morgan fingerprint density at radius 2 is 2.00 bits per heavy atom. The molecule has 1 fully saturated rings. The van der Waals surface area contributed by atoms with E-state index in [1.165, 1.54) is 4.67 Å². The molecule has 27 heavy (non-hydrogen) atoms. The number of benzene rings is 2. The van der Waals surface area contributed by atoms with E-state index in [9.17, 15) is 4.57 Å². The molecule has 0 radical (unpaired) electrons. The first kappa shape index (κ1) is 17.6. The van der Waals surface area contributed by atoms with Crippen LogP contribution in [0.3, 0.4) is 0 Å². The van der Waals surface area contributed by atoms with Crippen molar-refractivity contribution in [2.24, 2.45) is 4.99 Å². The van der Waals surface area contributed by atoms with Crippen molar-refractivity contribution in [3.8, 4) is 11.9 Å². The number of nitrogens with zero attached hydrogens (tertiary/aromatic N) is 3. The highest BCUT2D eigenvalue weighted by Gasteiger charge is 2.52. The third-order valence-electron chi connectivity index (χ3n) is 4.67. The molecule has 7 nitrogen and oxygen atoms in total. The van der Waals surface area contributed by atoms with E-state index >= 15 is 0 Å². The number of rotatable bonds is 2. The largest absolute Gasteiger partial charge is 0.493 e. The number of fused-ring (bicyclic) bond motifs is 1. The van der Waals surface area contributed by atoms with Crippen LogP contribution in [0.15, 0.2) is 53.5 Å². The molecule has 8 heteroatoms. The van der Waals surface area contributed by atoms with E-state index < -0.39 is 19.9 Å². The van der Waals surface area contributed by atoms with Gasteiger partial charge in [-0.05, 0) is 25.0 Å². The third-order valence-corrected chi connectivity index (χ3v) is 6.61. The van der Waals surface area contributed by atoms with Crippen molar-refractivity contribution in [1.29, 1.82) is 5.26 Å². The lowest BCUT2D eigenvalue weighted by molar-refractivity contribution is 0.182. The molecule has 0 amide bonds. The van der Waals surface area contributed by atoms with Crippen LogP contribution in [0, 0.1) is 18.4 Å². The van der Waals surface area contributed by atoms with Crippen LogP contribution in [0.5, 0.6) is 5.75 Å². The molecule has 2 heterocycles. The fourth-order valence-electron chi connectivity index (χ4n) is 3.36. The van der Waals surface area contributed by atoms with E-state index in [-0.39, 0.29) is 12.6 Å². The molecular formula is C19H18N3O4P. The number of para-hydroxylation sites is 1. The van der Waals surface area contributed by atoms with Crippen LogP contribution in [0.1, 0.15) is 29.7 Å². The smallest absolute Gasteiger partial charge is 0.454 e. The molecular weight excluding hydrogens is 365 g/mol. The zero-order chi connectivity index (χ0) is 19.0. The van der Waals surface area contributed by atoms with Crippen molar-refractivity contribution in [3.63, 3.8) is 0 Å². The summed E-state index contributed by atoms with van der Waals surface area (Å²) in [7, 11) is -3.79. The van der Waals surface area contributed by atoms with E-state index in [1.807, 2.05) is 62.4 Å². The highest BCUT2D eigenvalue weighted by Crippen LogP contribution is 2.61. The van der Waals surface area contributed by atoms with E-state index in [0.717, 1.165) is 16.7 Å². The molecule has 4 rings (SSSR count). The molecule has 3 atom stereocenters. The highest BCUT2D eigenvalue weighted by atomic mass is 31.2. The second kappa shape index (κ2) is 6.73. The Balaban J connectivity index is 1.73. The lowest BCUT2D eigenvalue weighted by Gasteiger charge is -2.33. The first-order chi connectivity index (χ1) is 13.0. The SMILES string of the molecule is Cc1cccc2c1O[P@](=O)(N1C(=NC#N)O[C@@H](c3ccccc3)[C@H]1C)OC2. The van der Waals surface area contributed by atoms with Crippen molar-refractivity contribution >= 4 is 13.8 Å². The van der Waals surface area contributed by atoms with Gasteiger partial charge >= 0.3 is 13.8 Å². The molecule has 0 spiro atoms. The lowest BCUT2D eigenvalue weighted by atomic mass is 10.0. The Hall–Kier alpha value is -2.81. The van der Waals surface area contributed by atoms with Gasteiger partial charge in [0.1, 0.15) is 11.9 Å². The summed E-state index contributed by atoms with van der Waals surface area (Å²) in [5.74, 6) is 0.541. The van der Waals surface area contributed by atoms with Crippen molar-refractivity contribution in [1.82, 2.24) is 4.67 Å². The second-order valence-electron chi connectivity index (χ2n) is 6.43. The summed E-state index contributed by atoms with van der Waals surface area (Å²) in [6, 6.07) is 14.7. The van der Waals surface area contributed by atoms with Gasteiger partial charge in [0.25, 0.3) is 0 Å². The Morgan fingerprint density at radius 3 is 2.74 bits per heavy atom. The molecule has 1 saturated heterocycles. The molecule has 2 aliphatic heterocycles. The van der Waals surface area contributed by atoms with Crippen molar-refractivity contribution in [2.75, 3.05) is 0 Å². The van der Waals surface area contributed by atoms with Gasteiger partial charge in [0.15, 0.2) is 0 Å². The normalized spacial score (nSPS) is 28.2. The molecule has 0 N–H and O–H groups in total. The molecule has 2 aromatic rings. The average molecular weight is 383 g/mol.